The SMILES string of the molecule is CNCc1cc(C)c(-c2nc3c(-c4ccc5c(c4)OCC4CN(C)CCN54)c[nH]c3cc2C#N)c(F)c1. The molecule has 188 valence electrons. The number of likely N-dealkylation sites (N-methyl/N-ethyl adjacent to an activating group) is 1. The molecule has 4 heterocycles. The zero-order valence-corrected chi connectivity index (χ0v) is 21.2. The molecule has 0 spiro atoms. The molecule has 1 saturated heterocycles. The van der Waals surface area contributed by atoms with Crippen LogP contribution in [0.15, 0.2) is 42.6 Å². The predicted octanol–water partition coefficient (Wildman–Crippen LogP) is 4.45. The van der Waals surface area contributed by atoms with Gasteiger partial charge in [-0.25, -0.2) is 9.37 Å². The first-order chi connectivity index (χ1) is 18.0. The zero-order valence-electron chi connectivity index (χ0n) is 21.2. The number of piperazine rings is 1. The smallest absolute Gasteiger partial charge is 0.143 e. The minimum atomic E-state index is -0.380. The summed E-state index contributed by atoms with van der Waals surface area (Å²) in [5.41, 5.74) is 7.04. The molecule has 7 nitrogen and oxygen atoms in total. The number of nitrogens with one attached hydrogen (secondary N) is 2. The van der Waals surface area contributed by atoms with Crippen molar-refractivity contribution in [3.05, 3.63) is 65.1 Å². The molecule has 0 radical (unpaired) electrons. The molecule has 4 aromatic rings. The van der Waals surface area contributed by atoms with Gasteiger partial charge < -0.3 is 24.8 Å². The molecule has 2 N–H and O–H groups in total. The van der Waals surface area contributed by atoms with E-state index in [1.165, 1.54) is 6.07 Å². The molecule has 1 atom stereocenters. The fourth-order valence-corrected chi connectivity index (χ4v) is 5.66. The van der Waals surface area contributed by atoms with Crippen LogP contribution in [0.2, 0.25) is 0 Å². The van der Waals surface area contributed by atoms with Crippen molar-refractivity contribution < 1.29 is 9.13 Å². The van der Waals surface area contributed by atoms with Gasteiger partial charge in [0.1, 0.15) is 24.2 Å². The van der Waals surface area contributed by atoms with Crippen LogP contribution in [0, 0.1) is 24.1 Å². The maximum atomic E-state index is 15.3. The number of nitriles is 1. The van der Waals surface area contributed by atoms with Crippen molar-refractivity contribution in [2.75, 3.05) is 45.2 Å². The molecule has 1 fully saturated rings. The largest absolute Gasteiger partial charge is 0.489 e. The second-order valence-corrected chi connectivity index (χ2v) is 10.00. The monoisotopic (exact) mass is 496 g/mol. The van der Waals surface area contributed by atoms with Gasteiger partial charge in [0.25, 0.3) is 0 Å². The van der Waals surface area contributed by atoms with Gasteiger partial charge in [0, 0.05) is 43.5 Å². The molecule has 0 aliphatic carbocycles. The summed E-state index contributed by atoms with van der Waals surface area (Å²) in [6.07, 6.45) is 1.89. The number of hydrogen-bond acceptors (Lipinski definition) is 6. The van der Waals surface area contributed by atoms with Crippen molar-refractivity contribution in [1.29, 1.82) is 5.26 Å². The maximum absolute atomic E-state index is 15.3. The lowest BCUT2D eigenvalue weighted by molar-refractivity contribution is 0.188. The van der Waals surface area contributed by atoms with E-state index in [0.717, 1.165) is 58.8 Å². The quantitative estimate of drug-likeness (QED) is 0.435. The minimum Gasteiger partial charge on any atom is -0.489 e. The Labute approximate surface area is 215 Å². The number of ether oxygens (including phenoxy) is 1. The Hall–Kier alpha value is -3.93. The van der Waals surface area contributed by atoms with Crippen LogP contribution in [0.1, 0.15) is 16.7 Å². The molecule has 0 bridgehead atoms. The van der Waals surface area contributed by atoms with Crippen molar-refractivity contribution in [3.63, 3.8) is 0 Å². The molecule has 1 unspecified atom stereocenters. The third-order valence-corrected chi connectivity index (χ3v) is 7.43. The Morgan fingerprint density at radius 1 is 1.24 bits per heavy atom. The van der Waals surface area contributed by atoms with Gasteiger partial charge in [-0.1, -0.05) is 12.1 Å². The number of halogens is 1. The van der Waals surface area contributed by atoms with E-state index in [2.05, 4.69) is 51.4 Å². The molecule has 0 amide bonds. The van der Waals surface area contributed by atoms with Gasteiger partial charge in [-0.2, -0.15) is 5.26 Å². The number of H-pyrrole nitrogens is 1. The average molecular weight is 497 g/mol. The normalized spacial score (nSPS) is 17.3. The van der Waals surface area contributed by atoms with Crippen molar-refractivity contribution in [2.45, 2.75) is 19.5 Å². The molecule has 0 saturated carbocycles. The first kappa shape index (κ1) is 23.5. The Kier molecular flexibility index (Phi) is 5.82. The highest BCUT2D eigenvalue weighted by Crippen LogP contribution is 2.40. The van der Waals surface area contributed by atoms with Gasteiger partial charge in [0.15, 0.2) is 0 Å². The molecule has 8 heteroatoms. The van der Waals surface area contributed by atoms with E-state index in [0.29, 0.717) is 41.5 Å². The Morgan fingerprint density at radius 2 is 2.11 bits per heavy atom. The number of anilines is 1. The highest BCUT2D eigenvalue weighted by Gasteiger charge is 2.32. The molecule has 2 aliphatic heterocycles. The predicted molar refractivity (Wildman–Crippen MR) is 143 cm³/mol. The first-order valence-corrected chi connectivity index (χ1v) is 12.6. The second-order valence-electron chi connectivity index (χ2n) is 10.00. The van der Waals surface area contributed by atoms with Gasteiger partial charge in [0.2, 0.25) is 0 Å². The Morgan fingerprint density at radius 3 is 2.89 bits per heavy atom. The average Bonchev–Trinajstić information content (AvgIpc) is 3.30. The zero-order chi connectivity index (χ0) is 25.7. The molecule has 6 rings (SSSR count). The minimum absolute atomic E-state index is 0.333. The summed E-state index contributed by atoms with van der Waals surface area (Å²) in [6, 6.07) is 14.0. The number of hydrogen-bond donors (Lipinski definition) is 2. The summed E-state index contributed by atoms with van der Waals surface area (Å²) >= 11 is 0. The van der Waals surface area contributed by atoms with E-state index in [1.54, 1.807) is 6.07 Å². The van der Waals surface area contributed by atoms with E-state index >= 15 is 4.39 Å². The van der Waals surface area contributed by atoms with Crippen LogP contribution >= 0.6 is 0 Å². The van der Waals surface area contributed by atoms with E-state index in [9.17, 15) is 5.26 Å². The number of pyridine rings is 1. The number of fused-ring (bicyclic) bond motifs is 4. The molecule has 2 aromatic carbocycles. The van der Waals surface area contributed by atoms with Gasteiger partial charge in [0.05, 0.1) is 34.0 Å². The van der Waals surface area contributed by atoms with Crippen LogP contribution in [0.3, 0.4) is 0 Å². The summed E-state index contributed by atoms with van der Waals surface area (Å²) in [5.74, 6) is 0.484. The maximum Gasteiger partial charge on any atom is 0.143 e. The topological polar surface area (TPSA) is 80.2 Å². The summed E-state index contributed by atoms with van der Waals surface area (Å²) in [6.45, 7) is 6.07. The molecular weight excluding hydrogens is 467 g/mol. The van der Waals surface area contributed by atoms with Gasteiger partial charge >= 0.3 is 0 Å². The van der Waals surface area contributed by atoms with Crippen molar-refractivity contribution in [2.24, 2.45) is 0 Å². The van der Waals surface area contributed by atoms with Crippen molar-refractivity contribution >= 4 is 16.7 Å². The van der Waals surface area contributed by atoms with Gasteiger partial charge in [-0.3, -0.25) is 0 Å². The Balaban J connectivity index is 1.44. The van der Waals surface area contributed by atoms with E-state index in [-0.39, 0.29) is 5.82 Å². The van der Waals surface area contributed by atoms with E-state index < -0.39 is 0 Å². The fourth-order valence-electron chi connectivity index (χ4n) is 5.66. The third-order valence-electron chi connectivity index (χ3n) is 7.43. The van der Waals surface area contributed by atoms with Crippen LogP contribution in [-0.4, -0.2) is 61.2 Å². The van der Waals surface area contributed by atoms with E-state index in [1.807, 2.05) is 26.2 Å². The standard InChI is InChI=1S/C29H29FN6O/c1-17-8-18(13-32-2)9-23(30)27(17)28-20(12-31)10-24-29(34-28)22(14-33-24)19-4-5-25-26(11-19)37-16-21-15-35(3)6-7-36(21)25/h4-5,8-11,14,21,32-33H,6-7,13,15-16H2,1-3H3. The van der Waals surface area contributed by atoms with Crippen LogP contribution < -0.4 is 15.0 Å². The first-order valence-electron chi connectivity index (χ1n) is 12.6. The highest BCUT2D eigenvalue weighted by atomic mass is 19.1. The number of benzene rings is 2. The van der Waals surface area contributed by atoms with E-state index in [4.69, 9.17) is 9.72 Å². The van der Waals surface area contributed by atoms with Crippen molar-refractivity contribution in [1.82, 2.24) is 20.2 Å². The number of aryl methyl sites for hydroxylation is 1. The molecule has 37 heavy (non-hydrogen) atoms. The van der Waals surface area contributed by atoms with Crippen LogP contribution in [0.4, 0.5) is 10.1 Å². The summed E-state index contributed by atoms with van der Waals surface area (Å²) in [4.78, 5) is 12.9. The number of aromatic amines is 1. The second kappa shape index (κ2) is 9.18. The lowest BCUT2D eigenvalue weighted by atomic mass is 9.97. The summed E-state index contributed by atoms with van der Waals surface area (Å²) < 4.78 is 21.5. The highest BCUT2D eigenvalue weighted by molar-refractivity contribution is 5.96. The van der Waals surface area contributed by atoms with Gasteiger partial charge in [-0.15, -0.1) is 0 Å². The summed E-state index contributed by atoms with van der Waals surface area (Å²) in [5, 5.41) is 12.9. The van der Waals surface area contributed by atoms with Gasteiger partial charge in [-0.05, 0) is 62.0 Å². The van der Waals surface area contributed by atoms with Crippen molar-refractivity contribution in [3.8, 4) is 34.2 Å². The number of aromatic nitrogens is 2. The Bertz CT molecular complexity index is 1530. The molecule has 2 aromatic heterocycles. The third kappa shape index (κ3) is 4.01. The summed E-state index contributed by atoms with van der Waals surface area (Å²) in [7, 11) is 3.98. The lowest BCUT2D eigenvalue weighted by Gasteiger charge is -2.44. The lowest BCUT2D eigenvalue weighted by Crippen LogP contribution is -2.56. The number of rotatable bonds is 4. The number of nitrogens with zero attached hydrogens (tertiary/aromatic N) is 4. The van der Waals surface area contributed by atoms with Crippen LogP contribution in [0.5, 0.6) is 5.75 Å². The van der Waals surface area contributed by atoms with Crippen LogP contribution in [-0.2, 0) is 6.54 Å². The van der Waals surface area contributed by atoms with Crippen LogP contribution in [0.25, 0.3) is 33.4 Å². The molecule has 2 aliphatic rings. The molecular formula is C29H29FN6O. The fraction of sp³-hybridized carbons (Fsp3) is 0.310.